The molecule has 6 nitrogen and oxygen atoms in total. The molecule has 24 heavy (non-hydrogen) atoms. The van der Waals surface area contributed by atoms with Crippen molar-refractivity contribution in [3.63, 3.8) is 0 Å². The molecule has 0 saturated heterocycles. The number of nitrogens with one attached hydrogen (secondary N) is 2. The van der Waals surface area contributed by atoms with Crippen LogP contribution >= 0.6 is 0 Å². The van der Waals surface area contributed by atoms with E-state index < -0.39 is 0 Å². The van der Waals surface area contributed by atoms with Crippen LogP contribution in [0, 0.1) is 6.92 Å². The van der Waals surface area contributed by atoms with Crippen molar-refractivity contribution in [2.45, 2.75) is 20.0 Å². The molecule has 3 rings (SSSR count). The lowest BCUT2D eigenvalue weighted by molar-refractivity contribution is -0.127. The van der Waals surface area contributed by atoms with Crippen molar-refractivity contribution in [3.8, 4) is 5.75 Å². The second-order valence-corrected chi connectivity index (χ2v) is 5.63. The van der Waals surface area contributed by atoms with Gasteiger partial charge in [-0.2, -0.15) is 0 Å². The van der Waals surface area contributed by atoms with E-state index in [0.717, 1.165) is 11.3 Å². The lowest BCUT2D eigenvalue weighted by atomic mass is 10.1. The summed E-state index contributed by atoms with van der Waals surface area (Å²) in [7, 11) is 0. The summed E-state index contributed by atoms with van der Waals surface area (Å²) in [6.45, 7) is 3.55. The largest absolute Gasteiger partial charge is 0.483 e. The van der Waals surface area contributed by atoms with Gasteiger partial charge in [-0.1, -0.05) is 30.3 Å². The lowest BCUT2D eigenvalue weighted by Gasteiger charge is -2.35. The summed E-state index contributed by atoms with van der Waals surface area (Å²) in [5.74, 6) is 0.00913. The molecule has 1 aliphatic rings. The fraction of sp³-hybridized carbons (Fsp3) is 0.222. The molecular weight excluding hydrogens is 306 g/mol. The number of hydrogen-bond acceptors (Lipinski definition) is 4. The van der Waals surface area contributed by atoms with E-state index in [-0.39, 0.29) is 24.6 Å². The number of rotatable bonds is 4. The van der Waals surface area contributed by atoms with Crippen molar-refractivity contribution < 1.29 is 14.3 Å². The zero-order chi connectivity index (χ0) is 17.1. The molecule has 1 unspecified atom stereocenters. The van der Waals surface area contributed by atoms with E-state index in [9.17, 15) is 9.59 Å². The Morgan fingerprint density at radius 1 is 1.21 bits per heavy atom. The second kappa shape index (κ2) is 6.62. The van der Waals surface area contributed by atoms with Crippen LogP contribution in [0.1, 0.15) is 22.8 Å². The van der Waals surface area contributed by atoms with Crippen LogP contribution in [0.2, 0.25) is 0 Å². The molecule has 1 aliphatic heterocycles. The maximum atomic E-state index is 12.5. The predicted molar refractivity (Wildman–Crippen MR) is 90.5 cm³/mol. The number of carbonyl (C=O) groups is 2. The Bertz CT molecular complexity index is 776. The molecule has 2 amide bonds. The highest BCUT2D eigenvalue weighted by Gasteiger charge is 2.30. The van der Waals surface area contributed by atoms with Gasteiger partial charge in [-0.15, -0.1) is 0 Å². The van der Waals surface area contributed by atoms with Crippen LogP contribution in [0.15, 0.2) is 48.5 Å². The quantitative estimate of drug-likeness (QED) is 0.905. The van der Waals surface area contributed by atoms with Crippen LogP contribution in [0.4, 0.5) is 5.69 Å². The van der Waals surface area contributed by atoms with Gasteiger partial charge in [0.15, 0.2) is 6.61 Å². The Kier molecular flexibility index (Phi) is 4.37. The maximum Gasteiger partial charge on any atom is 0.276 e. The first-order chi connectivity index (χ1) is 11.6. The maximum absolute atomic E-state index is 12.5. The first-order valence-corrected chi connectivity index (χ1v) is 7.73. The van der Waals surface area contributed by atoms with E-state index >= 15 is 0 Å². The highest BCUT2D eigenvalue weighted by Crippen LogP contribution is 2.23. The number of fused-ring (bicyclic) bond motifs is 1. The molecular formula is C18H19N3O3. The van der Waals surface area contributed by atoms with Gasteiger partial charge in [0.2, 0.25) is 0 Å². The Hall–Kier alpha value is -3.02. The number of ether oxygens (including phenoxy) is 1. The summed E-state index contributed by atoms with van der Waals surface area (Å²) < 4.78 is 5.51. The zero-order valence-corrected chi connectivity index (χ0v) is 13.6. The number of carbonyl (C=O) groups excluding carboxylic acids is 2. The van der Waals surface area contributed by atoms with E-state index in [2.05, 4.69) is 10.7 Å². The van der Waals surface area contributed by atoms with Crippen molar-refractivity contribution in [2.75, 3.05) is 11.9 Å². The lowest BCUT2D eigenvalue weighted by Crippen LogP contribution is -2.56. The molecule has 124 valence electrons. The topological polar surface area (TPSA) is 70.7 Å². The van der Waals surface area contributed by atoms with E-state index in [0.29, 0.717) is 11.3 Å². The summed E-state index contributed by atoms with van der Waals surface area (Å²) in [4.78, 5) is 24.7. The molecule has 1 heterocycles. The van der Waals surface area contributed by atoms with Crippen LogP contribution in [0.3, 0.4) is 0 Å². The van der Waals surface area contributed by atoms with Gasteiger partial charge < -0.3 is 10.1 Å². The smallest absolute Gasteiger partial charge is 0.276 e. The number of hydrazine groups is 1. The van der Waals surface area contributed by atoms with Gasteiger partial charge in [0.1, 0.15) is 11.9 Å². The van der Waals surface area contributed by atoms with Crippen molar-refractivity contribution in [1.82, 2.24) is 10.4 Å². The number of aryl methyl sites for hydroxylation is 1. The molecule has 0 fully saturated rings. The van der Waals surface area contributed by atoms with Gasteiger partial charge >= 0.3 is 0 Å². The Labute approximate surface area is 140 Å². The van der Waals surface area contributed by atoms with Crippen LogP contribution < -0.4 is 15.5 Å². The fourth-order valence-corrected chi connectivity index (χ4v) is 2.57. The normalized spacial score (nSPS) is 16.2. The molecule has 0 bridgehead atoms. The third-order valence-electron chi connectivity index (χ3n) is 3.83. The SMILES string of the molecule is Cc1ccccc1OCC(=O)NN1C(=O)c2ccccc2NC1C. The summed E-state index contributed by atoms with van der Waals surface area (Å²) in [6.07, 6.45) is -0.352. The van der Waals surface area contributed by atoms with Gasteiger partial charge in [-0.3, -0.25) is 15.0 Å². The average molecular weight is 325 g/mol. The molecule has 1 atom stereocenters. The summed E-state index contributed by atoms with van der Waals surface area (Å²) in [5, 5.41) is 4.46. The van der Waals surface area contributed by atoms with Crippen LogP contribution in [0.25, 0.3) is 0 Å². The monoisotopic (exact) mass is 325 g/mol. The van der Waals surface area contributed by atoms with E-state index in [4.69, 9.17) is 4.74 Å². The summed E-state index contributed by atoms with van der Waals surface area (Å²) in [5.41, 5.74) is 4.84. The van der Waals surface area contributed by atoms with Gasteiger partial charge in [0.25, 0.3) is 11.8 Å². The van der Waals surface area contributed by atoms with Crippen LogP contribution in [0.5, 0.6) is 5.75 Å². The molecule has 0 aliphatic carbocycles. The Balaban J connectivity index is 1.64. The van der Waals surface area contributed by atoms with Crippen LogP contribution in [-0.2, 0) is 4.79 Å². The van der Waals surface area contributed by atoms with Gasteiger partial charge in [-0.05, 0) is 37.6 Å². The van der Waals surface area contributed by atoms with Gasteiger partial charge in [0, 0.05) is 5.69 Å². The van der Waals surface area contributed by atoms with Gasteiger partial charge in [0.05, 0.1) is 5.56 Å². The van der Waals surface area contributed by atoms with Crippen molar-refractivity contribution in [3.05, 3.63) is 59.7 Å². The number of hydrogen-bond donors (Lipinski definition) is 2. The first kappa shape index (κ1) is 15.9. The number of nitrogens with zero attached hydrogens (tertiary/aromatic N) is 1. The average Bonchev–Trinajstić information content (AvgIpc) is 2.58. The highest BCUT2D eigenvalue weighted by atomic mass is 16.5. The van der Waals surface area contributed by atoms with Crippen molar-refractivity contribution in [1.29, 1.82) is 0 Å². The summed E-state index contributed by atoms with van der Waals surface area (Å²) >= 11 is 0. The van der Waals surface area contributed by atoms with E-state index in [1.807, 2.05) is 37.3 Å². The minimum Gasteiger partial charge on any atom is -0.483 e. The van der Waals surface area contributed by atoms with Crippen LogP contribution in [-0.4, -0.2) is 29.6 Å². The summed E-state index contributed by atoms with van der Waals surface area (Å²) in [6, 6.07) is 14.7. The molecule has 2 aromatic rings. The first-order valence-electron chi connectivity index (χ1n) is 7.73. The van der Waals surface area contributed by atoms with Gasteiger partial charge in [-0.25, -0.2) is 5.01 Å². The Morgan fingerprint density at radius 2 is 1.92 bits per heavy atom. The third-order valence-corrected chi connectivity index (χ3v) is 3.83. The number of para-hydroxylation sites is 2. The predicted octanol–water partition coefficient (Wildman–Crippen LogP) is 2.32. The number of anilines is 1. The highest BCUT2D eigenvalue weighted by molar-refractivity contribution is 6.02. The molecule has 0 spiro atoms. The zero-order valence-electron chi connectivity index (χ0n) is 13.6. The van der Waals surface area contributed by atoms with Crippen molar-refractivity contribution >= 4 is 17.5 Å². The third kappa shape index (κ3) is 3.17. The molecule has 2 aromatic carbocycles. The Morgan fingerprint density at radius 3 is 2.71 bits per heavy atom. The fourth-order valence-electron chi connectivity index (χ4n) is 2.57. The molecule has 0 aromatic heterocycles. The van der Waals surface area contributed by atoms with E-state index in [1.54, 1.807) is 25.1 Å². The van der Waals surface area contributed by atoms with Crippen molar-refractivity contribution in [2.24, 2.45) is 0 Å². The molecule has 0 saturated carbocycles. The molecule has 6 heteroatoms. The standard InChI is InChI=1S/C18H19N3O3/c1-12-7-3-6-10-16(12)24-11-17(22)20-21-13(2)19-15-9-5-4-8-14(15)18(21)23/h3-10,13,19H,11H2,1-2H3,(H,20,22). The number of benzene rings is 2. The minimum absolute atomic E-state index is 0.164. The molecule has 2 N–H and O–H groups in total. The molecule has 0 radical (unpaired) electrons. The second-order valence-electron chi connectivity index (χ2n) is 5.63. The van der Waals surface area contributed by atoms with E-state index in [1.165, 1.54) is 5.01 Å². The number of amides is 2. The minimum atomic E-state index is -0.389.